The van der Waals surface area contributed by atoms with Gasteiger partial charge in [0.25, 0.3) is 0 Å². The minimum Gasteiger partial charge on any atom is -0.374 e. The summed E-state index contributed by atoms with van der Waals surface area (Å²) in [5, 5.41) is 3.07. The molecule has 0 saturated heterocycles. The lowest BCUT2D eigenvalue weighted by molar-refractivity contribution is 0.0783. The van der Waals surface area contributed by atoms with E-state index < -0.39 is 8.80 Å². The lowest BCUT2D eigenvalue weighted by atomic mass is 10.3. The molecule has 0 aromatic carbocycles. The van der Waals surface area contributed by atoms with E-state index in [0.29, 0.717) is 19.8 Å². The zero-order chi connectivity index (χ0) is 13.6. The zero-order valence-corrected chi connectivity index (χ0v) is 13.5. The molecule has 4 nitrogen and oxygen atoms in total. The van der Waals surface area contributed by atoms with Crippen molar-refractivity contribution >= 4 is 8.80 Å². The monoisotopic (exact) mass is 265 g/mol. The summed E-state index contributed by atoms with van der Waals surface area (Å²) < 4.78 is 16.2. The molecule has 0 aliphatic carbocycles. The van der Waals surface area contributed by atoms with Crippen molar-refractivity contribution in [1.29, 1.82) is 0 Å². The normalized spacial score (nSPS) is 10.9. The predicted octanol–water partition coefficient (Wildman–Crippen LogP) is 2.67. The molecule has 0 unspecified atom stereocenters. The molecule has 0 aromatic heterocycles. The Morgan fingerprint density at radius 3 is 1.47 bits per heavy atom. The van der Waals surface area contributed by atoms with Gasteiger partial charge < -0.3 is 18.6 Å². The van der Waals surface area contributed by atoms with Gasteiger partial charge in [0.1, 0.15) is 0 Å². The summed E-state index contributed by atoms with van der Waals surface area (Å²) in [5.41, 5.74) is 0. The molecule has 0 amide bonds. The number of hydrogen-bond acceptors (Lipinski definition) is 4. The molecule has 5 heteroatoms. The zero-order valence-electron chi connectivity index (χ0n) is 12.5. The Labute approximate surface area is 108 Å². The molecule has 0 heterocycles. The highest BCUT2D eigenvalue weighted by Crippen LogP contribution is 2.08. The van der Waals surface area contributed by atoms with Crippen LogP contribution in [-0.2, 0) is 13.3 Å². The van der Waals surface area contributed by atoms with Gasteiger partial charge in [0.2, 0.25) is 0 Å². The smallest absolute Gasteiger partial charge is 0.374 e. The van der Waals surface area contributed by atoms with E-state index in [0.717, 1.165) is 6.54 Å². The maximum absolute atomic E-state index is 5.40. The molecule has 106 valence electrons. The third-order valence-corrected chi connectivity index (χ3v) is 4.44. The number of unbranched alkanes of at least 4 members (excludes halogenated alkanes) is 1. The second kappa shape index (κ2) is 14.1. The fraction of sp³-hybridized carbons (Fsp3) is 1.00. The van der Waals surface area contributed by atoms with Gasteiger partial charge >= 0.3 is 8.80 Å². The molecule has 0 spiro atoms. The van der Waals surface area contributed by atoms with Crippen molar-refractivity contribution in [2.75, 3.05) is 33.4 Å². The molecular weight excluding hydrogens is 234 g/mol. The third kappa shape index (κ3) is 14.0. The van der Waals surface area contributed by atoms with E-state index in [-0.39, 0.29) is 0 Å². The maximum Gasteiger partial charge on any atom is 0.497 e. The Balaban J connectivity index is 0. The first-order valence-corrected chi connectivity index (χ1v) is 8.89. The lowest BCUT2D eigenvalue weighted by Gasteiger charge is -2.23. The largest absolute Gasteiger partial charge is 0.497 e. The summed E-state index contributed by atoms with van der Waals surface area (Å²) in [6, 6.07) is 0. The summed E-state index contributed by atoms with van der Waals surface area (Å²) in [6.07, 6.45) is 2.59. The Hall–Kier alpha value is 0.0569. The molecule has 0 atom stereocenters. The number of hydrogen-bond donors (Lipinski definition) is 1. The van der Waals surface area contributed by atoms with Crippen LogP contribution >= 0.6 is 0 Å². The summed E-state index contributed by atoms with van der Waals surface area (Å²) in [7, 11) is -0.268. The Morgan fingerprint density at radius 1 is 0.882 bits per heavy atom. The first kappa shape index (κ1) is 19.4. The highest BCUT2D eigenvalue weighted by molar-refractivity contribution is 6.59. The Morgan fingerprint density at radius 2 is 1.29 bits per heavy atom. The van der Waals surface area contributed by atoms with Crippen LogP contribution in [0.5, 0.6) is 0 Å². The van der Waals surface area contributed by atoms with E-state index in [2.05, 4.69) is 12.2 Å². The molecule has 0 rings (SSSR count). The van der Waals surface area contributed by atoms with E-state index in [1.54, 1.807) is 0 Å². The van der Waals surface area contributed by atoms with Crippen LogP contribution in [0.4, 0.5) is 0 Å². The summed E-state index contributed by atoms with van der Waals surface area (Å²) in [4.78, 5) is 0. The van der Waals surface area contributed by atoms with Gasteiger partial charge in [0.15, 0.2) is 0 Å². The van der Waals surface area contributed by atoms with Gasteiger partial charge in [-0.05, 0) is 40.8 Å². The number of nitrogens with one attached hydrogen (secondary N) is 1. The van der Waals surface area contributed by atoms with Crippen LogP contribution in [-0.4, -0.2) is 42.2 Å². The van der Waals surface area contributed by atoms with Crippen molar-refractivity contribution in [2.24, 2.45) is 0 Å². The summed E-state index contributed by atoms with van der Waals surface area (Å²) in [6.45, 7) is 13.1. The molecule has 0 bridgehead atoms. The predicted molar refractivity (Wildman–Crippen MR) is 75.3 cm³/mol. The van der Waals surface area contributed by atoms with Gasteiger partial charge in [-0.15, -0.1) is 0 Å². The van der Waals surface area contributed by atoms with Gasteiger partial charge in [-0.1, -0.05) is 13.3 Å². The molecule has 0 saturated carbocycles. The second-order valence-corrected chi connectivity index (χ2v) is 6.21. The highest BCUT2D eigenvalue weighted by Gasteiger charge is 2.32. The van der Waals surface area contributed by atoms with Crippen LogP contribution < -0.4 is 5.32 Å². The molecule has 17 heavy (non-hydrogen) atoms. The van der Waals surface area contributed by atoms with Crippen LogP contribution in [0.15, 0.2) is 0 Å². The highest BCUT2D eigenvalue weighted by atomic mass is 28.4. The van der Waals surface area contributed by atoms with Crippen LogP contribution in [0.3, 0.4) is 0 Å². The standard InChI is InChI=1S/C7H18O3Si.C5H13N/c1-5-8-11(4,9-6-2)10-7-3;1-3-4-5-6-2/h5-7H2,1-4H3;6H,3-5H2,1-2H3. The Bertz CT molecular complexity index is 127. The number of rotatable bonds is 9. The minimum absolute atomic E-state index is 0.655. The van der Waals surface area contributed by atoms with Gasteiger partial charge in [0.05, 0.1) is 0 Å². The average molecular weight is 265 g/mol. The van der Waals surface area contributed by atoms with Crippen molar-refractivity contribution in [3.05, 3.63) is 0 Å². The maximum atomic E-state index is 5.40. The summed E-state index contributed by atoms with van der Waals surface area (Å²) >= 11 is 0. The van der Waals surface area contributed by atoms with E-state index in [1.807, 2.05) is 34.4 Å². The Kier molecular flexibility index (Phi) is 16.1. The summed E-state index contributed by atoms with van der Waals surface area (Å²) in [5.74, 6) is 0. The van der Waals surface area contributed by atoms with Crippen LogP contribution in [0.2, 0.25) is 6.55 Å². The fourth-order valence-electron chi connectivity index (χ4n) is 1.27. The van der Waals surface area contributed by atoms with Gasteiger partial charge in [-0.3, -0.25) is 0 Å². The quantitative estimate of drug-likeness (QED) is 0.514. The molecule has 0 fully saturated rings. The topological polar surface area (TPSA) is 39.7 Å². The first-order chi connectivity index (χ1) is 8.10. The molecular formula is C12H31NO3Si. The fourth-order valence-corrected chi connectivity index (χ4v) is 3.09. The van der Waals surface area contributed by atoms with E-state index >= 15 is 0 Å². The van der Waals surface area contributed by atoms with E-state index in [1.165, 1.54) is 12.8 Å². The first-order valence-electron chi connectivity index (χ1n) is 6.66. The van der Waals surface area contributed by atoms with Crippen LogP contribution in [0.25, 0.3) is 0 Å². The average Bonchev–Trinajstić information content (AvgIpc) is 2.28. The van der Waals surface area contributed by atoms with Crippen molar-refractivity contribution in [3.63, 3.8) is 0 Å². The molecule has 1 N–H and O–H groups in total. The van der Waals surface area contributed by atoms with Gasteiger partial charge in [-0.2, -0.15) is 0 Å². The minimum atomic E-state index is -2.25. The lowest BCUT2D eigenvalue weighted by Crippen LogP contribution is -2.42. The SMILES string of the molecule is CCCCNC.CCO[Si](C)(OCC)OCC. The molecule has 0 aromatic rings. The molecule has 0 radical (unpaired) electrons. The van der Waals surface area contributed by atoms with E-state index in [9.17, 15) is 0 Å². The molecule has 0 aliphatic rings. The third-order valence-electron chi connectivity index (χ3n) is 2.00. The van der Waals surface area contributed by atoms with Gasteiger partial charge in [0, 0.05) is 26.4 Å². The second-order valence-electron chi connectivity index (χ2n) is 3.62. The van der Waals surface area contributed by atoms with Crippen LogP contribution in [0, 0.1) is 0 Å². The van der Waals surface area contributed by atoms with Gasteiger partial charge in [-0.25, -0.2) is 0 Å². The van der Waals surface area contributed by atoms with E-state index in [4.69, 9.17) is 13.3 Å². The van der Waals surface area contributed by atoms with Crippen molar-refractivity contribution in [2.45, 2.75) is 47.1 Å². The van der Waals surface area contributed by atoms with Crippen LogP contribution in [0.1, 0.15) is 40.5 Å². The van der Waals surface area contributed by atoms with Crippen molar-refractivity contribution in [3.8, 4) is 0 Å². The van der Waals surface area contributed by atoms with Crippen molar-refractivity contribution < 1.29 is 13.3 Å². The van der Waals surface area contributed by atoms with Crippen molar-refractivity contribution in [1.82, 2.24) is 5.32 Å². The molecule has 0 aliphatic heterocycles.